The Morgan fingerprint density at radius 3 is 2.36 bits per heavy atom. The first-order valence-corrected chi connectivity index (χ1v) is 8.79. The molecule has 0 aliphatic carbocycles. The van der Waals surface area contributed by atoms with Gasteiger partial charge in [0.05, 0.1) is 5.69 Å². The van der Waals surface area contributed by atoms with Crippen LogP contribution in [0.5, 0.6) is 0 Å². The second-order valence-corrected chi connectivity index (χ2v) is 6.66. The molecule has 0 spiro atoms. The lowest BCUT2D eigenvalue weighted by Gasteiger charge is -2.26. The third-order valence-electron chi connectivity index (χ3n) is 4.32. The quantitative estimate of drug-likeness (QED) is 0.658. The van der Waals surface area contributed by atoms with Crippen LogP contribution >= 0.6 is 0 Å². The monoisotopic (exact) mass is 375 g/mol. The van der Waals surface area contributed by atoms with Gasteiger partial charge in [0.1, 0.15) is 5.57 Å². The minimum Gasteiger partial charge on any atom is -0.378 e. The van der Waals surface area contributed by atoms with Crippen LogP contribution in [0, 0.1) is 6.92 Å². The number of barbiturate groups is 1. The van der Waals surface area contributed by atoms with Crippen LogP contribution in [0.1, 0.15) is 11.1 Å². The van der Waals surface area contributed by atoms with E-state index in [1.165, 1.54) is 6.08 Å². The number of imide groups is 2. The molecular formula is C22H21N3O3. The summed E-state index contributed by atoms with van der Waals surface area (Å²) >= 11 is 0. The Labute approximate surface area is 163 Å². The Bertz CT molecular complexity index is 988. The van der Waals surface area contributed by atoms with E-state index in [1.54, 1.807) is 30.4 Å². The van der Waals surface area contributed by atoms with E-state index in [2.05, 4.69) is 5.32 Å². The molecule has 0 radical (unpaired) electrons. The zero-order valence-corrected chi connectivity index (χ0v) is 16.0. The van der Waals surface area contributed by atoms with Gasteiger partial charge in [0, 0.05) is 19.8 Å². The van der Waals surface area contributed by atoms with Crippen molar-refractivity contribution in [2.75, 3.05) is 23.9 Å². The summed E-state index contributed by atoms with van der Waals surface area (Å²) in [6.45, 7) is 1.86. The van der Waals surface area contributed by atoms with Gasteiger partial charge in [-0.3, -0.25) is 14.9 Å². The number of carbonyl (C=O) groups is 3. The first-order valence-electron chi connectivity index (χ1n) is 8.79. The molecule has 28 heavy (non-hydrogen) atoms. The number of urea groups is 1. The fourth-order valence-corrected chi connectivity index (χ4v) is 2.82. The number of nitrogens with one attached hydrogen (secondary N) is 1. The number of anilines is 2. The number of hydrogen-bond donors (Lipinski definition) is 1. The average molecular weight is 375 g/mol. The van der Waals surface area contributed by atoms with Crippen molar-refractivity contribution in [1.82, 2.24) is 5.32 Å². The highest BCUT2D eigenvalue weighted by Gasteiger charge is 2.36. The summed E-state index contributed by atoms with van der Waals surface area (Å²) in [5.74, 6) is -1.35. The van der Waals surface area contributed by atoms with Crippen LogP contribution in [0.25, 0.3) is 6.08 Å². The molecule has 1 saturated heterocycles. The van der Waals surface area contributed by atoms with Crippen LogP contribution < -0.4 is 15.1 Å². The Morgan fingerprint density at radius 1 is 1.00 bits per heavy atom. The first-order chi connectivity index (χ1) is 13.4. The van der Waals surface area contributed by atoms with Crippen LogP contribution in [0.15, 0.2) is 66.3 Å². The van der Waals surface area contributed by atoms with E-state index < -0.39 is 17.8 Å². The van der Waals surface area contributed by atoms with Crippen molar-refractivity contribution in [3.8, 4) is 0 Å². The van der Waals surface area contributed by atoms with E-state index in [0.29, 0.717) is 5.69 Å². The van der Waals surface area contributed by atoms with E-state index in [-0.39, 0.29) is 5.57 Å². The Kier molecular flexibility index (Phi) is 5.40. The van der Waals surface area contributed by atoms with Gasteiger partial charge in [0.25, 0.3) is 11.8 Å². The highest BCUT2D eigenvalue weighted by molar-refractivity contribution is 6.37. The summed E-state index contributed by atoms with van der Waals surface area (Å²) in [5, 5.41) is 2.22. The molecule has 2 aromatic carbocycles. The lowest BCUT2D eigenvalue weighted by molar-refractivity contribution is -0.122. The van der Waals surface area contributed by atoms with Crippen LogP contribution in [0.3, 0.4) is 0 Å². The van der Waals surface area contributed by atoms with Crippen LogP contribution in [0.4, 0.5) is 16.2 Å². The van der Waals surface area contributed by atoms with Crippen LogP contribution in [-0.2, 0) is 9.59 Å². The summed E-state index contributed by atoms with van der Waals surface area (Å²) in [5.41, 5.74) is 3.23. The van der Waals surface area contributed by atoms with Gasteiger partial charge in [-0.25, -0.2) is 9.69 Å². The van der Waals surface area contributed by atoms with Crippen molar-refractivity contribution in [1.29, 1.82) is 0 Å². The average Bonchev–Trinajstić information content (AvgIpc) is 2.64. The Balaban J connectivity index is 1.84. The van der Waals surface area contributed by atoms with E-state index in [9.17, 15) is 14.4 Å². The van der Waals surface area contributed by atoms with Gasteiger partial charge in [0.2, 0.25) is 0 Å². The van der Waals surface area contributed by atoms with Crippen molar-refractivity contribution < 1.29 is 14.4 Å². The molecule has 0 aromatic heterocycles. The Morgan fingerprint density at radius 2 is 1.71 bits per heavy atom. The van der Waals surface area contributed by atoms with Crippen LogP contribution in [-0.4, -0.2) is 31.9 Å². The number of benzene rings is 2. The molecule has 1 N–H and O–H groups in total. The topological polar surface area (TPSA) is 69.7 Å². The molecule has 0 atom stereocenters. The number of carbonyl (C=O) groups excluding carboxylic acids is 3. The predicted octanol–water partition coefficient (Wildman–Crippen LogP) is 3.28. The normalized spacial score (nSPS) is 16.0. The summed E-state index contributed by atoms with van der Waals surface area (Å²) in [6, 6.07) is 14.1. The molecule has 6 heteroatoms. The zero-order valence-electron chi connectivity index (χ0n) is 16.0. The standard InChI is InChI=1S/C22H21N3O3/c1-15-6-4-8-18(14-15)25-21(27)19(20(26)23-22(25)28)9-5-7-16-10-12-17(13-11-16)24(2)3/h4-14H,1-3H3,(H,23,26,28)/b7-5+,19-9+. The third kappa shape index (κ3) is 4.01. The molecule has 1 heterocycles. The fraction of sp³-hybridized carbons (Fsp3) is 0.136. The summed E-state index contributed by atoms with van der Waals surface area (Å²) in [4.78, 5) is 40.0. The summed E-state index contributed by atoms with van der Waals surface area (Å²) in [7, 11) is 3.92. The second-order valence-electron chi connectivity index (χ2n) is 6.66. The number of hydrogen-bond acceptors (Lipinski definition) is 4. The van der Waals surface area contributed by atoms with E-state index in [1.807, 2.05) is 56.3 Å². The van der Waals surface area contributed by atoms with Gasteiger partial charge >= 0.3 is 6.03 Å². The number of nitrogens with zero attached hydrogens (tertiary/aromatic N) is 2. The highest BCUT2D eigenvalue weighted by atomic mass is 16.2. The molecule has 2 aromatic rings. The van der Waals surface area contributed by atoms with Gasteiger partial charge in [0.15, 0.2) is 0 Å². The molecule has 6 nitrogen and oxygen atoms in total. The zero-order chi connectivity index (χ0) is 20.3. The number of allylic oxidation sites excluding steroid dienone is 2. The molecule has 0 unspecified atom stereocenters. The fourth-order valence-electron chi connectivity index (χ4n) is 2.82. The minimum atomic E-state index is -0.749. The van der Waals surface area contributed by atoms with Gasteiger partial charge in [-0.05, 0) is 48.4 Å². The number of rotatable bonds is 4. The van der Waals surface area contributed by atoms with Gasteiger partial charge in [-0.1, -0.05) is 36.4 Å². The van der Waals surface area contributed by atoms with Crippen molar-refractivity contribution in [3.05, 3.63) is 77.4 Å². The molecule has 142 valence electrons. The van der Waals surface area contributed by atoms with Gasteiger partial charge in [-0.15, -0.1) is 0 Å². The second kappa shape index (κ2) is 7.92. The maximum atomic E-state index is 12.8. The molecule has 1 fully saturated rings. The molecule has 3 rings (SSSR count). The lowest BCUT2D eigenvalue weighted by Crippen LogP contribution is -2.54. The number of amides is 4. The molecule has 4 amide bonds. The predicted molar refractivity (Wildman–Crippen MR) is 110 cm³/mol. The van der Waals surface area contributed by atoms with E-state index >= 15 is 0 Å². The summed E-state index contributed by atoms with van der Waals surface area (Å²) < 4.78 is 0. The molecular weight excluding hydrogens is 354 g/mol. The molecule has 0 saturated carbocycles. The maximum Gasteiger partial charge on any atom is 0.335 e. The molecule has 1 aliphatic rings. The Hall–Kier alpha value is -3.67. The van der Waals surface area contributed by atoms with Crippen molar-refractivity contribution in [2.24, 2.45) is 0 Å². The molecule has 1 aliphatic heterocycles. The summed E-state index contributed by atoms with van der Waals surface area (Å²) in [6.07, 6.45) is 4.84. The van der Waals surface area contributed by atoms with Gasteiger partial charge in [-0.2, -0.15) is 0 Å². The third-order valence-corrected chi connectivity index (χ3v) is 4.32. The van der Waals surface area contributed by atoms with Crippen molar-refractivity contribution in [3.63, 3.8) is 0 Å². The minimum absolute atomic E-state index is 0.0951. The first kappa shape index (κ1) is 19.1. The lowest BCUT2D eigenvalue weighted by atomic mass is 10.1. The van der Waals surface area contributed by atoms with Crippen molar-refractivity contribution in [2.45, 2.75) is 6.92 Å². The largest absolute Gasteiger partial charge is 0.378 e. The van der Waals surface area contributed by atoms with E-state index in [4.69, 9.17) is 0 Å². The smallest absolute Gasteiger partial charge is 0.335 e. The maximum absolute atomic E-state index is 12.8. The SMILES string of the molecule is Cc1cccc(N2C(=O)NC(=O)/C(=C\C=C\c3ccc(N(C)C)cc3)C2=O)c1. The molecule has 0 bridgehead atoms. The number of aryl methyl sites for hydroxylation is 1. The van der Waals surface area contributed by atoms with Crippen LogP contribution in [0.2, 0.25) is 0 Å². The van der Waals surface area contributed by atoms with Gasteiger partial charge < -0.3 is 4.90 Å². The van der Waals surface area contributed by atoms with E-state index in [0.717, 1.165) is 21.7 Å². The highest BCUT2D eigenvalue weighted by Crippen LogP contribution is 2.21. The van der Waals surface area contributed by atoms with Crippen molar-refractivity contribution >= 4 is 35.3 Å².